The van der Waals surface area contributed by atoms with E-state index >= 15 is 0 Å². The summed E-state index contributed by atoms with van der Waals surface area (Å²) in [5.74, 6) is 1.69. The number of carbonyl (C=O) groups is 2. The van der Waals surface area contributed by atoms with Gasteiger partial charge in [0.15, 0.2) is 0 Å². The van der Waals surface area contributed by atoms with Crippen molar-refractivity contribution in [2.45, 2.75) is 61.3 Å². The van der Waals surface area contributed by atoms with E-state index in [0.717, 1.165) is 49.3 Å². The van der Waals surface area contributed by atoms with Crippen molar-refractivity contribution < 1.29 is 19.4 Å². The fourth-order valence-electron chi connectivity index (χ4n) is 6.71. The number of ether oxygens (including phenoxy) is 1. The number of aliphatic hydroxyl groups excluding tert-OH is 1. The third kappa shape index (κ3) is 4.66. The normalized spacial score (nSPS) is 24.5. The molecule has 1 N–H and O–H groups in total. The van der Waals surface area contributed by atoms with Crippen LogP contribution in [0.15, 0.2) is 30.5 Å². The monoisotopic (exact) mass is 546 g/mol. The zero-order chi connectivity index (χ0) is 27.5. The Bertz CT molecular complexity index is 1310. The van der Waals surface area contributed by atoms with Gasteiger partial charge in [-0.2, -0.15) is 0 Å². The Balaban J connectivity index is 1.08. The van der Waals surface area contributed by atoms with Gasteiger partial charge in [-0.25, -0.2) is 4.98 Å². The maximum atomic E-state index is 13.8. The number of nitrogens with zero attached hydrogens (tertiary/aromatic N) is 4. The molecule has 12 heteroatoms. The Morgan fingerprint density at radius 3 is 2.56 bits per heavy atom. The third-order valence-corrected chi connectivity index (χ3v) is 9.10. The molecule has 8 nitrogen and oxygen atoms in total. The van der Waals surface area contributed by atoms with Crippen LogP contribution < -0.4 is 14.5 Å². The van der Waals surface area contributed by atoms with E-state index in [-0.39, 0.29) is 29.2 Å². The quantitative estimate of drug-likeness (QED) is 0.506. The van der Waals surface area contributed by atoms with Crippen LogP contribution in [0.4, 0.5) is 11.5 Å². The molecule has 0 atom stereocenters. The van der Waals surface area contributed by atoms with Crippen LogP contribution in [-0.2, 0) is 21.4 Å². The highest BCUT2D eigenvalue weighted by Gasteiger charge is 2.54. The van der Waals surface area contributed by atoms with E-state index in [0.29, 0.717) is 48.9 Å². The van der Waals surface area contributed by atoms with Gasteiger partial charge in [-0.15, -0.1) is 0 Å². The second-order valence-electron chi connectivity index (χ2n) is 12.4. The predicted octanol–water partition coefficient (Wildman–Crippen LogP) is -0.193. The van der Waals surface area contributed by atoms with Gasteiger partial charge in [-0.3, -0.25) is 19.4 Å². The fraction of sp³-hybridized carbons (Fsp3) is 0.519. The molecule has 1 saturated carbocycles. The topological polar surface area (TPSA) is 86.2 Å². The Labute approximate surface area is 237 Å². The summed E-state index contributed by atoms with van der Waals surface area (Å²) in [4.78, 5) is 37.1. The van der Waals surface area contributed by atoms with Crippen LogP contribution in [0.2, 0.25) is 5.02 Å². The van der Waals surface area contributed by atoms with Gasteiger partial charge in [0.25, 0.3) is 0 Å². The molecule has 0 radical (unpaired) electrons. The molecular formula is C27H34B3ClN4O4. The van der Waals surface area contributed by atoms with Crippen LogP contribution in [0.3, 0.4) is 0 Å². The molecule has 1 aliphatic carbocycles. The summed E-state index contributed by atoms with van der Waals surface area (Å²) < 4.78 is 6.09. The number of pyridine rings is 1. The van der Waals surface area contributed by atoms with Crippen molar-refractivity contribution in [2.75, 3.05) is 36.0 Å². The van der Waals surface area contributed by atoms with Crippen molar-refractivity contribution >= 4 is 58.5 Å². The number of amides is 2. The molecule has 2 aromatic rings. The lowest BCUT2D eigenvalue weighted by atomic mass is 9.48. The van der Waals surface area contributed by atoms with Crippen molar-refractivity contribution in [3.8, 4) is 5.75 Å². The summed E-state index contributed by atoms with van der Waals surface area (Å²) >= 11 is 6.39. The SMILES string of the molecule is BC(B)(B)N1C(=O)C2(CCN(CCOc3cnc4c(c3)CCC(=O)N4[C@H]3C[C@@H](O)C3)CC2)c2cc(Cl)ccc21. The molecule has 4 heterocycles. The lowest BCUT2D eigenvalue weighted by Gasteiger charge is -2.42. The first-order valence-electron chi connectivity index (χ1n) is 14.1. The van der Waals surface area contributed by atoms with Crippen molar-refractivity contribution in [1.82, 2.24) is 9.88 Å². The predicted molar refractivity (Wildman–Crippen MR) is 159 cm³/mol. The zero-order valence-electron chi connectivity index (χ0n) is 23.0. The number of fused-ring (bicyclic) bond motifs is 3. The van der Waals surface area contributed by atoms with E-state index in [1.165, 1.54) is 0 Å². The van der Waals surface area contributed by atoms with Crippen LogP contribution in [0, 0.1) is 0 Å². The third-order valence-electron chi connectivity index (χ3n) is 8.86. The first kappa shape index (κ1) is 26.7. The first-order valence-corrected chi connectivity index (χ1v) is 14.4. The highest BCUT2D eigenvalue weighted by atomic mass is 35.5. The zero-order valence-corrected chi connectivity index (χ0v) is 23.7. The molecule has 1 saturated heterocycles. The average Bonchev–Trinajstić information content (AvgIpc) is 3.11. The number of carbonyl (C=O) groups excluding carboxylic acids is 2. The smallest absolute Gasteiger partial charge is 0.236 e. The number of aromatic nitrogens is 1. The van der Waals surface area contributed by atoms with Gasteiger partial charge in [0.1, 0.15) is 41.7 Å². The summed E-state index contributed by atoms with van der Waals surface area (Å²) in [5, 5.41) is 10.1. The summed E-state index contributed by atoms with van der Waals surface area (Å²) in [7, 11) is 6.24. The van der Waals surface area contributed by atoms with E-state index in [1.807, 2.05) is 29.2 Å². The largest absolute Gasteiger partial charge is 0.491 e. The Kier molecular flexibility index (Phi) is 6.75. The minimum Gasteiger partial charge on any atom is -0.491 e. The summed E-state index contributed by atoms with van der Waals surface area (Å²) in [6.07, 6.45) is 5.23. The molecule has 3 aliphatic heterocycles. The van der Waals surface area contributed by atoms with Crippen LogP contribution in [-0.4, -0.2) is 94.0 Å². The molecule has 202 valence electrons. The minimum atomic E-state index is -0.521. The van der Waals surface area contributed by atoms with Crippen molar-refractivity contribution in [1.29, 1.82) is 0 Å². The summed E-state index contributed by atoms with van der Waals surface area (Å²) in [5.41, 5.74) is 2.55. The molecular weight excluding hydrogens is 512 g/mol. The molecule has 1 aromatic carbocycles. The molecule has 4 aliphatic rings. The molecule has 1 spiro atoms. The van der Waals surface area contributed by atoms with E-state index in [1.54, 1.807) is 11.1 Å². The van der Waals surface area contributed by atoms with Gasteiger partial charge < -0.3 is 14.7 Å². The number of anilines is 2. The van der Waals surface area contributed by atoms with Gasteiger partial charge in [0.05, 0.1) is 17.7 Å². The molecule has 2 amide bonds. The van der Waals surface area contributed by atoms with Gasteiger partial charge in [0, 0.05) is 29.7 Å². The van der Waals surface area contributed by atoms with Crippen LogP contribution in [0.25, 0.3) is 0 Å². The highest BCUT2D eigenvalue weighted by Crippen LogP contribution is 2.50. The number of piperidine rings is 1. The Morgan fingerprint density at radius 1 is 1.13 bits per heavy atom. The van der Waals surface area contributed by atoms with E-state index in [4.69, 9.17) is 16.3 Å². The molecule has 6 rings (SSSR count). The van der Waals surface area contributed by atoms with Crippen molar-refractivity contribution in [3.05, 3.63) is 46.6 Å². The second kappa shape index (κ2) is 9.86. The number of hydrogen-bond acceptors (Lipinski definition) is 6. The molecule has 2 fully saturated rings. The number of benzene rings is 1. The van der Waals surface area contributed by atoms with Crippen LogP contribution in [0.5, 0.6) is 5.75 Å². The summed E-state index contributed by atoms with van der Waals surface area (Å²) in [6.45, 7) is 2.91. The number of hydrogen-bond donors (Lipinski definition) is 1. The Morgan fingerprint density at radius 2 is 1.87 bits per heavy atom. The number of aryl methyl sites for hydroxylation is 1. The molecule has 0 bridgehead atoms. The second-order valence-corrected chi connectivity index (χ2v) is 12.9. The van der Waals surface area contributed by atoms with E-state index < -0.39 is 5.41 Å². The lowest BCUT2D eigenvalue weighted by Crippen LogP contribution is -2.57. The Hall–Kier alpha value is -2.49. The van der Waals surface area contributed by atoms with Gasteiger partial charge in [-0.05, 0) is 85.8 Å². The van der Waals surface area contributed by atoms with Crippen LogP contribution in [0.1, 0.15) is 43.2 Å². The first-order chi connectivity index (χ1) is 18.6. The lowest BCUT2D eigenvalue weighted by molar-refractivity contribution is -0.125. The number of halogens is 1. The molecule has 39 heavy (non-hydrogen) atoms. The van der Waals surface area contributed by atoms with Gasteiger partial charge in [-0.1, -0.05) is 11.6 Å². The summed E-state index contributed by atoms with van der Waals surface area (Å²) in [6, 6.07) is 7.90. The van der Waals surface area contributed by atoms with Gasteiger partial charge >= 0.3 is 0 Å². The molecule has 0 unspecified atom stereocenters. The maximum absolute atomic E-state index is 13.8. The number of aliphatic hydroxyl groups is 1. The highest BCUT2D eigenvalue weighted by molar-refractivity contribution is 6.62. The minimum absolute atomic E-state index is 0.0402. The number of likely N-dealkylation sites (tertiary alicyclic amines) is 1. The van der Waals surface area contributed by atoms with Crippen molar-refractivity contribution in [2.24, 2.45) is 0 Å². The molecule has 1 aromatic heterocycles. The van der Waals surface area contributed by atoms with Crippen molar-refractivity contribution in [3.63, 3.8) is 0 Å². The van der Waals surface area contributed by atoms with E-state index in [2.05, 4.69) is 33.4 Å². The fourth-order valence-corrected chi connectivity index (χ4v) is 6.89. The van der Waals surface area contributed by atoms with Gasteiger partial charge in [0.2, 0.25) is 11.8 Å². The number of rotatable bonds is 6. The average molecular weight is 546 g/mol. The van der Waals surface area contributed by atoms with E-state index in [9.17, 15) is 14.7 Å². The van der Waals surface area contributed by atoms with Crippen LogP contribution >= 0.6 is 11.6 Å². The maximum Gasteiger partial charge on any atom is 0.236 e. The standard InChI is InChI=1S/C27H34B3ClN4O4/c28-27(29,30)35-22-3-2-17(31)12-21(22)26(25(35)38)5-7-33(8-6-26)9-10-39-20-11-16-1-4-23(37)34(24(16)32-15-20)18-13-19(36)14-18/h2-3,11-12,15,18-19,36H,1,4-10,13-14,28-30H2/t18-,19+.